The van der Waals surface area contributed by atoms with Crippen molar-refractivity contribution in [2.45, 2.75) is 39.0 Å². The van der Waals surface area contributed by atoms with E-state index >= 15 is 0 Å². The fourth-order valence-electron chi connectivity index (χ4n) is 2.49. The first-order chi connectivity index (χ1) is 8.63. The molecule has 2 rings (SSSR count). The maximum atomic E-state index is 6.10. The van der Waals surface area contributed by atoms with Crippen LogP contribution in [0.4, 0.5) is 11.8 Å². The van der Waals surface area contributed by atoms with Crippen LogP contribution in [0.5, 0.6) is 0 Å². The smallest absolute Gasteiger partial charge is 0.224 e. The first kappa shape index (κ1) is 13.4. The molecule has 0 bridgehead atoms. The molecule has 5 heteroatoms. The van der Waals surface area contributed by atoms with Crippen molar-refractivity contribution in [1.82, 2.24) is 9.97 Å². The Kier molecular flexibility index (Phi) is 4.27. The van der Waals surface area contributed by atoms with E-state index in [1.54, 1.807) is 13.2 Å². The first-order valence-corrected chi connectivity index (χ1v) is 6.95. The standard InChI is InChI=1S/C13H21ClN4/c1-13(6-4-3-5-7-13)9-17-11-10(14)8-16-12(15-2)18-11/h8H,3-7,9H2,1-2H3,(H2,15,16,17,18). The monoisotopic (exact) mass is 268 g/mol. The topological polar surface area (TPSA) is 49.8 Å². The minimum atomic E-state index is 0.367. The summed E-state index contributed by atoms with van der Waals surface area (Å²) in [5.41, 5.74) is 0.367. The summed E-state index contributed by atoms with van der Waals surface area (Å²) in [6.07, 6.45) is 8.22. The summed E-state index contributed by atoms with van der Waals surface area (Å²) in [6, 6.07) is 0. The minimum absolute atomic E-state index is 0.367. The Morgan fingerprint density at radius 3 is 2.72 bits per heavy atom. The third-order valence-corrected chi connectivity index (χ3v) is 3.99. The fourth-order valence-corrected chi connectivity index (χ4v) is 2.65. The largest absolute Gasteiger partial charge is 0.368 e. The number of hydrogen-bond donors (Lipinski definition) is 2. The van der Waals surface area contributed by atoms with Crippen LogP contribution in [0.3, 0.4) is 0 Å². The number of nitrogens with zero attached hydrogens (tertiary/aromatic N) is 2. The van der Waals surface area contributed by atoms with Crippen molar-refractivity contribution in [3.63, 3.8) is 0 Å². The van der Waals surface area contributed by atoms with Gasteiger partial charge in [0.15, 0.2) is 5.82 Å². The molecule has 1 aliphatic carbocycles. The van der Waals surface area contributed by atoms with Crippen LogP contribution >= 0.6 is 11.6 Å². The van der Waals surface area contributed by atoms with Gasteiger partial charge in [0, 0.05) is 13.6 Å². The van der Waals surface area contributed by atoms with Gasteiger partial charge >= 0.3 is 0 Å². The van der Waals surface area contributed by atoms with Crippen LogP contribution < -0.4 is 10.6 Å². The third-order valence-electron chi connectivity index (χ3n) is 3.71. The molecule has 1 aromatic heterocycles. The van der Waals surface area contributed by atoms with Crippen molar-refractivity contribution in [2.24, 2.45) is 5.41 Å². The molecule has 0 atom stereocenters. The Hall–Kier alpha value is -1.03. The zero-order chi connectivity index (χ0) is 13.0. The summed E-state index contributed by atoms with van der Waals surface area (Å²) >= 11 is 6.10. The predicted molar refractivity (Wildman–Crippen MR) is 76.3 cm³/mol. The third kappa shape index (κ3) is 3.25. The summed E-state index contributed by atoms with van der Waals surface area (Å²) < 4.78 is 0. The zero-order valence-electron chi connectivity index (χ0n) is 11.1. The lowest BCUT2D eigenvalue weighted by atomic mass is 9.76. The molecule has 0 spiro atoms. The van der Waals surface area contributed by atoms with Crippen LogP contribution in [-0.4, -0.2) is 23.6 Å². The zero-order valence-corrected chi connectivity index (χ0v) is 11.8. The molecule has 0 radical (unpaired) electrons. The molecular weight excluding hydrogens is 248 g/mol. The molecule has 1 saturated carbocycles. The molecule has 1 heterocycles. The lowest BCUT2D eigenvalue weighted by Gasteiger charge is -2.33. The van der Waals surface area contributed by atoms with Gasteiger partial charge < -0.3 is 10.6 Å². The summed E-state index contributed by atoms with van der Waals surface area (Å²) in [6.45, 7) is 3.26. The Bertz CT molecular complexity index is 402. The van der Waals surface area contributed by atoms with Gasteiger partial charge in [-0.15, -0.1) is 0 Å². The molecule has 0 aliphatic heterocycles. The summed E-state index contributed by atoms with van der Waals surface area (Å²) in [4.78, 5) is 8.42. The van der Waals surface area contributed by atoms with Crippen LogP contribution in [0.1, 0.15) is 39.0 Å². The van der Waals surface area contributed by atoms with Gasteiger partial charge in [0.25, 0.3) is 0 Å². The van der Waals surface area contributed by atoms with Crippen molar-refractivity contribution in [3.8, 4) is 0 Å². The van der Waals surface area contributed by atoms with Gasteiger partial charge in [0.05, 0.1) is 6.20 Å². The Morgan fingerprint density at radius 2 is 2.06 bits per heavy atom. The van der Waals surface area contributed by atoms with Gasteiger partial charge in [-0.25, -0.2) is 4.98 Å². The van der Waals surface area contributed by atoms with E-state index < -0.39 is 0 Å². The molecule has 1 fully saturated rings. The molecular formula is C13H21ClN4. The van der Waals surface area contributed by atoms with E-state index in [-0.39, 0.29) is 0 Å². The number of halogens is 1. The lowest BCUT2D eigenvalue weighted by Crippen LogP contribution is -2.29. The van der Waals surface area contributed by atoms with E-state index in [2.05, 4.69) is 27.5 Å². The number of anilines is 2. The molecule has 2 N–H and O–H groups in total. The maximum Gasteiger partial charge on any atom is 0.224 e. The minimum Gasteiger partial charge on any atom is -0.368 e. The first-order valence-electron chi connectivity index (χ1n) is 6.57. The molecule has 0 amide bonds. The number of aromatic nitrogens is 2. The molecule has 0 aromatic carbocycles. The molecule has 4 nitrogen and oxygen atoms in total. The summed E-state index contributed by atoms with van der Waals surface area (Å²) in [7, 11) is 1.80. The van der Waals surface area contributed by atoms with Crippen molar-refractivity contribution in [3.05, 3.63) is 11.2 Å². The van der Waals surface area contributed by atoms with E-state index in [0.717, 1.165) is 12.4 Å². The summed E-state index contributed by atoms with van der Waals surface area (Å²) in [5, 5.41) is 6.87. The van der Waals surface area contributed by atoms with Crippen molar-refractivity contribution < 1.29 is 0 Å². The number of nitrogens with one attached hydrogen (secondary N) is 2. The van der Waals surface area contributed by atoms with E-state index in [1.165, 1.54) is 32.1 Å². The second-order valence-electron chi connectivity index (χ2n) is 5.37. The highest BCUT2D eigenvalue weighted by Gasteiger charge is 2.26. The molecule has 1 aromatic rings. The van der Waals surface area contributed by atoms with Crippen LogP contribution in [0.2, 0.25) is 5.02 Å². The quantitative estimate of drug-likeness (QED) is 0.877. The van der Waals surface area contributed by atoms with E-state index in [0.29, 0.717) is 16.4 Å². The number of hydrogen-bond acceptors (Lipinski definition) is 4. The highest BCUT2D eigenvalue weighted by Crippen LogP contribution is 2.36. The lowest BCUT2D eigenvalue weighted by molar-refractivity contribution is 0.233. The van der Waals surface area contributed by atoms with Crippen molar-refractivity contribution in [2.75, 3.05) is 24.2 Å². The highest BCUT2D eigenvalue weighted by atomic mass is 35.5. The van der Waals surface area contributed by atoms with Crippen LogP contribution in [0, 0.1) is 5.41 Å². The maximum absolute atomic E-state index is 6.10. The van der Waals surface area contributed by atoms with Crippen LogP contribution in [0.15, 0.2) is 6.20 Å². The van der Waals surface area contributed by atoms with Gasteiger partial charge in [-0.2, -0.15) is 4.98 Å². The molecule has 0 saturated heterocycles. The second kappa shape index (κ2) is 5.74. The average molecular weight is 269 g/mol. The Balaban J connectivity index is 2.00. The van der Waals surface area contributed by atoms with Crippen molar-refractivity contribution >= 4 is 23.4 Å². The SMILES string of the molecule is CNc1ncc(Cl)c(NCC2(C)CCCCC2)n1. The van der Waals surface area contributed by atoms with Crippen molar-refractivity contribution in [1.29, 1.82) is 0 Å². The van der Waals surface area contributed by atoms with Crippen LogP contribution in [0.25, 0.3) is 0 Å². The highest BCUT2D eigenvalue weighted by molar-refractivity contribution is 6.32. The van der Waals surface area contributed by atoms with Gasteiger partial charge in [0.1, 0.15) is 5.02 Å². The van der Waals surface area contributed by atoms with E-state index in [1.807, 2.05) is 0 Å². The Morgan fingerprint density at radius 1 is 1.33 bits per heavy atom. The average Bonchev–Trinajstić information content (AvgIpc) is 2.39. The van der Waals surface area contributed by atoms with Gasteiger partial charge in [-0.1, -0.05) is 37.8 Å². The summed E-state index contributed by atoms with van der Waals surface area (Å²) in [5.74, 6) is 1.32. The van der Waals surface area contributed by atoms with Gasteiger partial charge in [-0.05, 0) is 18.3 Å². The molecule has 1 aliphatic rings. The van der Waals surface area contributed by atoms with Gasteiger partial charge in [0.2, 0.25) is 5.95 Å². The fraction of sp³-hybridized carbons (Fsp3) is 0.692. The predicted octanol–water partition coefficient (Wildman–Crippen LogP) is 3.55. The normalized spacial score (nSPS) is 18.4. The second-order valence-corrected chi connectivity index (χ2v) is 5.77. The van der Waals surface area contributed by atoms with Gasteiger partial charge in [-0.3, -0.25) is 0 Å². The molecule has 18 heavy (non-hydrogen) atoms. The van der Waals surface area contributed by atoms with E-state index in [4.69, 9.17) is 11.6 Å². The molecule has 100 valence electrons. The van der Waals surface area contributed by atoms with E-state index in [9.17, 15) is 0 Å². The van der Waals surface area contributed by atoms with Crippen LogP contribution in [-0.2, 0) is 0 Å². The Labute approximate surface area is 114 Å². The molecule has 0 unspecified atom stereocenters. The number of rotatable bonds is 4.